The first-order valence-corrected chi connectivity index (χ1v) is 7.49. The Kier molecular flexibility index (Phi) is 5.57. The number of carbonyl (C=O) groups excluding carboxylic acids is 1. The first-order valence-electron chi connectivity index (χ1n) is 7.49. The van der Waals surface area contributed by atoms with Crippen LogP contribution in [0, 0.1) is 13.8 Å². The van der Waals surface area contributed by atoms with Crippen LogP contribution in [0.1, 0.15) is 22.5 Å². The van der Waals surface area contributed by atoms with Crippen molar-refractivity contribution in [2.24, 2.45) is 7.05 Å². The van der Waals surface area contributed by atoms with Crippen molar-refractivity contribution in [3.8, 4) is 5.75 Å². The topological polar surface area (TPSA) is 53.4 Å². The molecule has 0 aliphatic heterocycles. The van der Waals surface area contributed by atoms with Gasteiger partial charge in [-0.1, -0.05) is 12.1 Å². The van der Waals surface area contributed by atoms with Crippen LogP contribution in [-0.2, 0) is 23.0 Å². The van der Waals surface area contributed by atoms with E-state index in [4.69, 9.17) is 9.47 Å². The van der Waals surface area contributed by atoms with Crippen LogP contribution in [0.25, 0.3) is 6.08 Å². The lowest BCUT2D eigenvalue weighted by molar-refractivity contribution is -0.137. The molecule has 122 valence electrons. The second-order valence-electron chi connectivity index (χ2n) is 5.31. The van der Waals surface area contributed by atoms with Crippen molar-refractivity contribution in [2.75, 3.05) is 13.7 Å². The van der Waals surface area contributed by atoms with Crippen LogP contribution in [0.3, 0.4) is 0 Å². The Morgan fingerprint density at radius 3 is 2.52 bits per heavy atom. The second kappa shape index (κ2) is 7.63. The van der Waals surface area contributed by atoms with E-state index in [0.717, 1.165) is 28.3 Å². The van der Waals surface area contributed by atoms with Crippen LogP contribution in [-0.4, -0.2) is 29.5 Å². The van der Waals surface area contributed by atoms with Crippen molar-refractivity contribution in [1.82, 2.24) is 9.78 Å². The van der Waals surface area contributed by atoms with Crippen molar-refractivity contribution in [3.63, 3.8) is 0 Å². The van der Waals surface area contributed by atoms with E-state index >= 15 is 0 Å². The van der Waals surface area contributed by atoms with Gasteiger partial charge in [-0.3, -0.25) is 4.68 Å². The molecule has 2 rings (SSSR count). The number of aryl methyl sites for hydroxylation is 2. The number of ether oxygens (including phenoxy) is 2. The van der Waals surface area contributed by atoms with Crippen LogP contribution < -0.4 is 4.74 Å². The van der Waals surface area contributed by atoms with E-state index < -0.39 is 0 Å². The maximum absolute atomic E-state index is 11.8. The van der Waals surface area contributed by atoms with Gasteiger partial charge >= 0.3 is 5.97 Å². The predicted octanol–water partition coefficient (Wildman–Crippen LogP) is 2.84. The van der Waals surface area contributed by atoms with E-state index in [1.807, 2.05) is 45.2 Å². The van der Waals surface area contributed by atoms with E-state index in [1.54, 1.807) is 17.9 Å². The van der Waals surface area contributed by atoms with Gasteiger partial charge < -0.3 is 9.47 Å². The van der Waals surface area contributed by atoms with E-state index in [-0.39, 0.29) is 5.97 Å². The summed E-state index contributed by atoms with van der Waals surface area (Å²) in [5, 5.41) is 4.31. The standard InChI is InChI=1S/C18H22N2O3/c1-13-17(14(2)20(3)19-13)9-10-18(21)23-12-11-15-5-7-16(22-4)8-6-15/h5-10H,11-12H2,1-4H3/b10-9+. The van der Waals surface area contributed by atoms with Gasteiger partial charge in [0.15, 0.2) is 0 Å². The largest absolute Gasteiger partial charge is 0.497 e. The first-order chi connectivity index (χ1) is 11.0. The van der Waals surface area contributed by atoms with Crippen molar-refractivity contribution >= 4 is 12.0 Å². The molecule has 1 heterocycles. The highest BCUT2D eigenvalue weighted by atomic mass is 16.5. The highest BCUT2D eigenvalue weighted by Crippen LogP contribution is 2.14. The molecule has 0 unspecified atom stereocenters. The van der Waals surface area contributed by atoms with Crippen LogP contribution in [0.5, 0.6) is 5.75 Å². The smallest absolute Gasteiger partial charge is 0.330 e. The number of rotatable bonds is 6. The number of carbonyl (C=O) groups is 1. The molecule has 0 spiro atoms. The van der Waals surface area contributed by atoms with Gasteiger partial charge in [-0.2, -0.15) is 5.10 Å². The minimum absolute atomic E-state index is 0.346. The molecule has 0 saturated heterocycles. The van der Waals surface area contributed by atoms with Gasteiger partial charge in [-0.05, 0) is 37.6 Å². The number of aromatic nitrogens is 2. The van der Waals surface area contributed by atoms with Gasteiger partial charge in [0.2, 0.25) is 0 Å². The summed E-state index contributed by atoms with van der Waals surface area (Å²) in [7, 11) is 3.52. The summed E-state index contributed by atoms with van der Waals surface area (Å²) >= 11 is 0. The normalized spacial score (nSPS) is 11.0. The summed E-state index contributed by atoms with van der Waals surface area (Å²) in [6, 6.07) is 7.71. The number of hydrogen-bond acceptors (Lipinski definition) is 4. The van der Waals surface area contributed by atoms with Gasteiger partial charge in [0.1, 0.15) is 5.75 Å². The number of benzene rings is 1. The Labute approximate surface area is 136 Å². The third-order valence-corrected chi connectivity index (χ3v) is 3.75. The minimum Gasteiger partial charge on any atom is -0.497 e. The molecule has 0 aliphatic carbocycles. The molecule has 0 bridgehead atoms. The highest BCUT2D eigenvalue weighted by Gasteiger charge is 2.06. The van der Waals surface area contributed by atoms with Gasteiger partial charge in [0.25, 0.3) is 0 Å². The van der Waals surface area contributed by atoms with Gasteiger partial charge in [-0.15, -0.1) is 0 Å². The van der Waals surface area contributed by atoms with Gasteiger partial charge in [-0.25, -0.2) is 4.79 Å². The quantitative estimate of drug-likeness (QED) is 0.608. The number of nitrogens with zero attached hydrogens (tertiary/aromatic N) is 2. The number of esters is 1. The lowest BCUT2D eigenvalue weighted by atomic mass is 10.1. The Hall–Kier alpha value is -2.56. The summed E-state index contributed by atoms with van der Waals surface area (Å²) in [5.74, 6) is 0.469. The fourth-order valence-electron chi connectivity index (χ4n) is 2.29. The third kappa shape index (κ3) is 4.45. The Morgan fingerprint density at radius 2 is 1.96 bits per heavy atom. The summed E-state index contributed by atoms with van der Waals surface area (Å²) in [6.45, 7) is 4.23. The zero-order valence-electron chi connectivity index (χ0n) is 14.0. The molecule has 5 nitrogen and oxygen atoms in total. The van der Waals surface area contributed by atoms with E-state index in [2.05, 4.69) is 5.10 Å². The molecule has 0 saturated carbocycles. The molecule has 5 heteroatoms. The molecule has 2 aromatic rings. The molecular formula is C18H22N2O3. The SMILES string of the molecule is COc1ccc(CCOC(=O)/C=C/c2c(C)nn(C)c2C)cc1. The molecular weight excluding hydrogens is 292 g/mol. The molecule has 0 amide bonds. The average molecular weight is 314 g/mol. The maximum atomic E-state index is 11.8. The summed E-state index contributed by atoms with van der Waals surface area (Å²) in [4.78, 5) is 11.8. The lowest BCUT2D eigenvalue weighted by Crippen LogP contribution is -2.04. The van der Waals surface area contributed by atoms with Crippen LogP contribution in [0.2, 0.25) is 0 Å². The van der Waals surface area contributed by atoms with E-state index in [0.29, 0.717) is 13.0 Å². The molecule has 0 fully saturated rings. The molecule has 0 radical (unpaired) electrons. The Bertz CT molecular complexity index is 700. The third-order valence-electron chi connectivity index (χ3n) is 3.75. The second-order valence-corrected chi connectivity index (χ2v) is 5.31. The van der Waals surface area contributed by atoms with E-state index in [1.165, 1.54) is 6.08 Å². The van der Waals surface area contributed by atoms with Gasteiger partial charge in [0, 0.05) is 30.8 Å². The van der Waals surface area contributed by atoms with Crippen molar-refractivity contribution in [3.05, 3.63) is 52.9 Å². The molecule has 0 N–H and O–H groups in total. The molecule has 0 atom stereocenters. The number of hydrogen-bond donors (Lipinski definition) is 0. The zero-order chi connectivity index (χ0) is 16.8. The fraction of sp³-hybridized carbons (Fsp3) is 0.333. The summed E-state index contributed by atoms with van der Waals surface area (Å²) < 4.78 is 12.1. The summed E-state index contributed by atoms with van der Waals surface area (Å²) in [6.07, 6.45) is 3.88. The molecule has 0 aliphatic rings. The van der Waals surface area contributed by atoms with Crippen molar-refractivity contribution in [1.29, 1.82) is 0 Å². The lowest BCUT2D eigenvalue weighted by Gasteiger charge is -2.04. The molecule has 1 aromatic heterocycles. The zero-order valence-corrected chi connectivity index (χ0v) is 14.0. The Balaban J connectivity index is 1.83. The minimum atomic E-state index is -0.346. The van der Waals surface area contributed by atoms with Crippen molar-refractivity contribution in [2.45, 2.75) is 20.3 Å². The molecule has 1 aromatic carbocycles. The number of methoxy groups -OCH3 is 1. The maximum Gasteiger partial charge on any atom is 0.330 e. The van der Waals surface area contributed by atoms with E-state index in [9.17, 15) is 4.79 Å². The van der Waals surface area contributed by atoms with Crippen LogP contribution >= 0.6 is 0 Å². The predicted molar refractivity (Wildman–Crippen MR) is 89.4 cm³/mol. The van der Waals surface area contributed by atoms with Crippen LogP contribution in [0.15, 0.2) is 30.3 Å². The average Bonchev–Trinajstić information content (AvgIpc) is 2.79. The Morgan fingerprint density at radius 1 is 1.26 bits per heavy atom. The molecule has 23 heavy (non-hydrogen) atoms. The highest BCUT2D eigenvalue weighted by molar-refractivity contribution is 5.87. The van der Waals surface area contributed by atoms with Crippen molar-refractivity contribution < 1.29 is 14.3 Å². The summed E-state index contributed by atoms with van der Waals surface area (Å²) in [5.41, 5.74) is 3.97. The first kappa shape index (κ1) is 16.8. The fourth-order valence-corrected chi connectivity index (χ4v) is 2.29. The van der Waals surface area contributed by atoms with Gasteiger partial charge in [0.05, 0.1) is 19.4 Å². The van der Waals surface area contributed by atoms with Crippen LogP contribution in [0.4, 0.5) is 0 Å². The monoisotopic (exact) mass is 314 g/mol.